The van der Waals surface area contributed by atoms with Crippen LogP contribution in [0.3, 0.4) is 0 Å². The SMILES string of the molecule is O=C(O)c1cc(C(=O)O)cc(-c2ccccc2C(F)(F)F)c1. The maximum absolute atomic E-state index is 13.0. The molecule has 2 rings (SSSR count). The molecule has 2 aromatic carbocycles. The summed E-state index contributed by atoms with van der Waals surface area (Å²) >= 11 is 0. The average molecular weight is 310 g/mol. The van der Waals surface area contributed by atoms with Crippen LogP contribution in [0.4, 0.5) is 13.2 Å². The smallest absolute Gasteiger partial charge is 0.417 e. The number of carbonyl (C=O) groups is 2. The molecule has 0 amide bonds. The molecule has 0 aliphatic heterocycles. The van der Waals surface area contributed by atoms with Crippen LogP contribution in [0.2, 0.25) is 0 Å². The Labute approximate surface area is 122 Å². The molecule has 0 radical (unpaired) electrons. The number of hydrogen-bond donors (Lipinski definition) is 2. The van der Waals surface area contributed by atoms with Gasteiger partial charge in [0.25, 0.3) is 0 Å². The van der Waals surface area contributed by atoms with Crippen LogP contribution in [0.15, 0.2) is 42.5 Å². The van der Waals surface area contributed by atoms with Crippen molar-refractivity contribution in [1.29, 1.82) is 0 Å². The Morgan fingerprint density at radius 1 is 0.864 bits per heavy atom. The normalized spacial score (nSPS) is 11.2. The monoisotopic (exact) mass is 310 g/mol. The lowest BCUT2D eigenvalue weighted by atomic mass is 9.95. The first-order valence-electron chi connectivity index (χ1n) is 5.98. The molecule has 0 bridgehead atoms. The highest BCUT2D eigenvalue weighted by molar-refractivity contribution is 5.96. The Bertz CT molecular complexity index is 718. The summed E-state index contributed by atoms with van der Waals surface area (Å²) in [6.45, 7) is 0. The molecule has 22 heavy (non-hydrogen) atoms. The van der Waals surface area contributed by atoms with Gasteiger partial charge in [0.05, 0.1) is 16.7 Å². The van der Waals surface area contributed by atoms with E-state index in [9.17, 15) is 22.8 Å². The summed E-state index contributed by atoms with van der Waals surface area (Å²) in [7, 11) is 0. The van der Waals surface area contributed by atoms with Crippen LogP contribution in [-0.2, 0) is 6.18 Å². The van der Waals surface area contributed by atoms with Gasteiger partial charge in [-0.25, -0.2) is 9.59 Å². The second kappa shape index (κ2) is 5.51. The first-order chi connectivity index (χ1) is 10.2. The summed E-state index contributed by atoms with van der Waals surface area (Å²) in [4.78, 5) is 22.1. The lowest BCUT2D eigenvalue weighted by Gasteiger charge is -2.13. The molecule has 2 aromatic rings. The van der Waals surface area contributed by atoms with E-state index >= 15 is 0 Å². The van der Waals surface area contributed by atoms with Gasteiger partial charge in [-0.1, -0.05) is 18.2 Å². The van der Waals surface area contributed by atoms with Crippen LogP contribution >= 0.6 is 0 Å². The van der Waals surface area contributed by atoms with Crippen molar-refractivity contribution in [2.45, 2.75) is 6.18 Å². The van der Waals surface area contributed by atoms with Crippen LogP contribution in [0.25, 0.3) is 11.1 Å². The van der Waals surface area contributed by atoms with Crippen molar-refractivity contribution in [3.8, 4) is 11.1 Å². The fourth-order valence-electron chi connectivity index (χ4n) is 2.01. The molecule has 0 spiro atoms. The Hall–Kier alpha value is -2.83. The number of aromatic carboxylic acids is 2. The largest absolute Gasteiger partial charge is 0.478 e. The second-order valence-electron chi connectivity index (χ2n) is 4.45. The minimum atomic E-state index is -4.64. The lowest BCUT2D eigenvalue weighted by Crippen LogP contribution is -2.08. The molecule has 2 N–H and O–H groups in total. The fourth-order valence-corrected chi connectivity index (χ4v) is 2.01. The highest BCUT2D eigenvalue weighted by Crippen LogP contribution is 2.37. The van der Waals surface area contributed by atoms with Crippen molar-refractivity contribution < 1.29 is 33.0 Å². The molecule has 0 saturated heterocycles. The van der Waals surface area contributed by atoms with Gasteiger partial charge in [0.2, 0.25) is 0 Å². The van der Waals surface area contributed by atoms with E-state index in [0.717, 1.165) is 30.3 Å². The molecule has 0 saturated carbocycles. The topological polar surface area (TPSA) is 74.6 Å². The van der Waals surface area contributed by atoms with Gasteiger partial charge in [0.1, 0.15) is 0 Å². The molecular formula is C15H9F3O4. The maximum Gasteiger partial charge on any atom is 0.417 e. The maximum atomic E-state index is 13.0. The third-order valence-corrected chi connectivity index (χ3v) is 2.97. The summed E-state index contributed by atoms with van der Waals surface area (Å²) in [6.07, 6.45) is -4.64. The van der Waals surface area contributed by atoms with Gasteiger partial charge in [-0.2, -0.15) is 13.2 Å². The van der Waals surface area contributed by atoms with Gasteiger partial charge in [0, 0.05) is 0 Å². The number of carboxylic acid groups (broad SMARTS) is 2. The molecular weight excluding hydrogens is 301 g/mol. The lowest BCUT2D eigenvalue weighted by molar-refractivity contribution is -0.137. The molecule has 0 unspecified atom stereocenters. The van der Waals surface area contributed by atoms with Gasteiger partial charge in [0.15, 0.2) is 0 Å². The van der Waals surface area contributed by atoms with Gasteiger partial charge >= 0.3 is 18.1 Å². The van der Waals surface area contributed by atoms with Crippen LogP contribution in [-0.4, -0.2) is 22.2 Å². The Balaban J connectivity index is 2.73. The number of alkyl halides is 3. The molecule has 0 aliphatic rings. The molecule has 0 fully saturated rings. The molecule has 0 aromatic heterocycles. The minimum Gasteiger partial charge on any atom is -0.478 e. The average Bonchev–Trinajstić information content (AvgIpc) is 2.45. The van der Waals surface area contributed by atoms with Crippen molar-refractivity contribution >= 4 is 11.9 Å². The number of rotatable bonds is 3. The Morgan fingerprint density at radius 2 is 1.36 bits per heavy atom. The third-order valence-electron chi connectivity index (χ3n) is 2.97. The fraction of sp³-hybridized carbons (Fsp3) is 0.0667. The van der Waals surface area contributed by atoms with Gasteiger partial charge in [-0.3, -0.25) is 0 Å². The van der Waals surface area contributed by atoms with E-state index in [0.29, 0.717) is 0 Å². The summed E-state index contributed by atoms with van der Waals surface area (Å²) in [5.74, 6) is -2.84. The zero-order valence-electron chi connectivity index (χ0n) is 10.9. The highest BCUT2D eigenvalue weighted by atomic mass is 19.4. The third kappa shape index (κ3) is 3.08. The molecule has 7 heteroatoms. The van der Waals surface area contributed by atoms with E-state index in [-0.39, 0.29) is 11.1 Å². The first kappa shape index (κ1) is 15.6. The number of carboxylic acids is 2. The predicted octanol–water partition coefficient (Wildman–Crippen LogP) is 3.77. The predicted molar refractivity (Wildman–Crippen MR) is 70.8 cm³/mol. The summed E-state index contributed by atoms with van der Waals surface area (Å²) in [5.41, 5.74) is -2.15. The minimum absolute atomic E-state index is 0.120. The standard InChI is InChI=1S/C15H9F3O4/c16-15(17,18)12-4-2-1-3-11(12)8-5-9(13(19)20)7-10(6-8)14(21)22/h1-7H,(H,19,20)(H,21,22). The van der Waals surface area contributed by atoms with Crippen molar-refractivity contribution in [2.75, 3.05) is 0 Å². The molecule has 0 aliphatic carbocycles. The van der Waals surface area contributed by atoms with E-state index in [1.807, 2.05) is 0 Å². The Morgan fingerprint density at radius 3 is 1.82 bits per heavy atom. The van der Waals surface area contributed by atoms with Crippen LogP contribution in [0.1, 0.15) is 26.3 Å². The van der Waals surface area contributed by atoms with E-state index in [1.165, 1.54) is 12.1 Å². The number of benzene rings is 2. The van der Waals surface area contributed by atoms with Crippen molar-refractivity contribution in [2.24, 2.45) is 0 Å². The van der Waals surface area contributed by atoms with Crippen molar-refractivity contribution in [3.05, 3.63) is 59.2 Å². The van der Waals surface area contributed by atoms with Gasteiger partial charge in [-0.15, -0.1) is 0 Å². The molecule has 0 heterocycles. The van der Waals surface area contributed by atoms with Gasteiger partial charge in [-0.05, 0) is 35.4 Å². The second-order valence-corrected chi connectivity index (χ2v) is 4.45. The van der Waals surface area contributed by atoms with Gasteiger partial charge < -0.3 is 10.2 Å². The van der Waals surface area contributed by atoms with Crippen molar-refractivity contribution in [3.63, 3.8) is 0 Å². The van der Waals surface area contributed by atoms with E-state index in [2.05, 4.69) is 0 Å². The zero-order valence-corrected chi connectivity index (χ0v) is 10.9. The first-order valence-corrected chi connectivity index (χ1v) is 5.98. The highest BCUT2D eigenvalue weighted by Gasteiger charge is 2.33. The van der Waals surface area contributed by atoms with Crippen LogP contribution < -0.4 is 0 Å². The zero-order chi connectivity index (χ0) is 16.5. The number of halogens is 3. The van der Waals surface area contributed by atoms with E-state index < -0.39 is 34.8 Å². The van der Waals surface area contributed by atoms with Crippen LogP contribution in [0, 0.1) is 0 Å². The molecule has 4 nitrogen and oxygen atoms in total. The van der Waals surface area contributed by atoms with Crippen molar-refractivity contribution in [1.82, 2.24) is 0 Å². The number of hydrogen-bond acceptors (Lipinski definition) is 2. The van der Waals surface area contributed by atoms with E-state index in [4.69, 9.17) is 10.2 Å². The Kier molecular flexibility index (Phi) is 3.90. The summed E-state index contributed by atoms with van der Waals surface area (Å²) in [6, 6.07) is 7.49. The molecule has 0 atom stereocenters. The van der Waals surface area contributed by atoms with Crippen LogP contribution in [0.5, 0.6) is 0 Å². The quantitative estimate of drug-likeness (QED) is 0.905. The molecule has 114 valence electrons. The van der Waals surface area contributed by atoms with E-state index in [1.54, 1.807) is 0 Å². The summed E-state index contributed by atoms with van der Waals surface area (Å²) in [5, 5.41) is 18.0. The summed E-state index contributed by atoms with van der Waals surface area (Å²) < 4.78 is 39.1.